The molecule has 1 heterocycles. The van der Waals surface area contributed by atoms with E-state index in [4.69, 9.17) is 5.73 Å². The Morgan fingerprint density at radius 3 is 2.89 bits per heavy atom. The first-order chi connectivity index (χ1) is 4.33. The molecule has 4 heteroatoms. The molecular weight excluding hydrogens is 134 g/mol. The van der Waals surface area contributed by atoms with E-state index < -0.39 is 0 Å². The van der Waals surface area contributed by atoms with Crippen LogP contribution in [0.5, 0.6) is 0 Å². The number of hydrogen-bond donors (Lipinski definition) is 1. The summed E-state index contributed by atoms with van der Waals surface area (Å²) in [5, 5.41) is 1.04. The van der Waals surface area contributed by atoms with E-state index >= 15 is 0 Å². The molecule has 0 radical (unpaired) electrons. The van der Waals surface area contributed by atoms with Crippen molar-refractivity contribution >= 4 is 11.5 Å². The van der Waals surface area contributed by atoms with Crippen LogP contribution in [0.2, 0.25) is 0 Å². The summed E-state index contributed by atoms with van der Waals surface area (Å²) in [6, 6.07) is 0. The Hall–Kier alpha value is -0.480. The Kier molecular flexibility index (Phi) is 2.13. The molecule has 0 fully saturated rings. The fourth-order valence-electron chi connectivity index (χ4n) is 0.565. The molecule has 9 heavy (non-hydrogen) atoms. The molecule has 0 aliphatic carbocycles. The average molecular weight is 143 g/mol. The van der Waals surface area contributed by atoms with Gasteiger partial charge in [-0.05, 0) is 25.0 Å². The fraction of sp³-hybridized carbons (Fsp3) is 0.600. The van der Waals surface area contributed by atoms with Gasteiger partial charge in [-0.3, -0.25) is 0 Å². The van der Waals surface area contributed by atoms with Crippen LogP contribution < -0.4 is 5.73 Å². The van der Waals surface area contributed by atoms with Crippen LogP contribution in [-0.4, -0.2) is 15.9 Å². The van der Waals surface area contributed by atoms with Crippen molar-refractivity contribution in [3.63, 3.8) is 0 Å². The molecular formula is C5H9N3S. The van der Waals surface area contributed by atoms with E-state index in [1.165, 1.54) is 11.5 Å². The lowest BCUT2D eigenvalue weighted by atomic mass is 10.5. The minimum absolute atomic E-state index is 0.661. The number of nitrogens with zero attached hydrogens (tertiary/aromatic N) is 2. The van der Waals surface area contributed by atoms with Gasteiger partial charge in [0.1, 0.15) is 10.8 Å². The van der Waals surface area contributed by atoms with E-state index in [1.54, 1.807) is 0 Å². The van der Waals surface area contributed by atoms with E-state index in [0.717, 1.165) is 17.3 Å². The monoisotopic (exact) mass is 143 g/mol. The summed E-state index contributed by atoms with van der Waals surface area (Å²) >= 11 is 1.43. The van der Waals surface area contributed by atoms with E-state index in [0.29, 0.717) is 6.54 Å². The third-order valence-corrected chi connectivity index (χ3v) is 1.79. The second-order valence-electron chi connectivity index (χ2n) is 1.77. The predicted octanol–water partition coefficient (Wildman–Crippen LogP) is 0.348. The van der Waals surface area contributed by atoms with Crippen molar-refractivity contribution in [2.45, 2.75) is 13.3 Å². The summed E-state index contributed by atoms with van der Waals surface area (Å²) in [4.78, 5) is 4.13. The second kappa shape index (κ2) is 2.89. The number of nitrogens with two attached hydrogens (primary N) is 1. The zero-order valence-electron chi connectivity index (χ0n) is 5.29. The third-order valence-electron chi connectivity index (χ3n) is 0.928. The minimum Gasteiger partial charge on any atom is -0.330 e. The molecule has 0 aliphatic rings. The SMILES string of the molecule is Cc1nsc(CCN)n1. The second-order valence-corrected chi connectivity index (χ2v) is 2.61. The van der Waals surface area contributed by atoms with Gasteiger partial charge in [0.05, 0.1) is 0 Å². The molecule has 0 aromatic carbocycles. The van der Waals surface area contributed by atoms with Gasteiger partial charge in [-0.2, -0.15) is 4.37 Å². The number of rotatable bonds is 2. The fourth-order valence-corrected chi connectivity index (χ4v) is 1.23. The van der Waals surface area contributed by atoms with E-state index in [9.17, 15) is 0 Å². The standard InChI is InChI=1S/C5H9N3S/c1-4-7-5(2-3-6)9-8-4/h2-3,6H2,1H3. The maximum absolute atomic E-state index is 5.31. The molecule has 50 valence electrons. The molecule has 0 saturated heterocycles. The number of aryl methyl sites for hydroxylation is 1. The van der Waals surface area contributed by atoms with Crippen LogP contribution in [0.4, 0.5) is 0 Å². The van der Waals surface area contributed by atoms with Crippen LogP contribution >= 0.6 is 11.5 Å². The molecule has 0 saturated carbocycles. The largest absolute Gasteiger partial charge is 0.330 e. The zero-order chi connectivity index (χ0) is 6.69. The summed E-state index contributed by atoms with van der Waals surface area (Å²) in [5.74, 6) is 0.850. The van der Waals surface area contributed by atoms with Crippen LogP contribution in [0, 0.1) is 6.92 Å². The van der Waals surface area contributed by atoms with Gasteiger partial charge >= 0.3 is 0 Å². The summed E-state index contributed by atoms with van der Waals surface area (Å²) in [6.45, 7) is 2.55. The first-order valence-electron chi connectivity index (χ1n) is 2.82. The summed E-state index contributed by atoms with van der Waals surface area (Å²) in [5.41, 5.74) is 5.31. The molecule has 0 atom stereocenters. The average Bonchev–Trinajstić information content (AvgIpc) is 2.17. The lowest BCUT2D eigenvalue weighted by Gasteiger charge is -1.84. The predicted molar refractivity (Wildman–Crippen MR) is 37.4 cm³/mol. The van der Waals surface area contributed by atoms with Crippen molar-refractivity contribution < 1.29 is 0 Å². The van der Waals surface area contributed by atoms with Crippen LogP contribution in [0.1, 0.15) is 10.8 Å². The van der Waals surface area contributed by atoms with Crippen molar-refractivity contribution in [1.82, 2.24) is 9.36 Å². The third kappa shape index (κ3) is 1.73. The van der Waals surface area contributed by atoms with Gasteiger partial charge in [0.15, 0.2) is 0 Å². The summed E-state index contributed by atoms with van der Waals surface area (Å²) < 4.78 is 4.01. The Morgan fingerprint density at radius 1 is 1.67 bits per heavy atom. The highest BCUT2D eigenvalue weighted by Gasteiger charge is 1.96. The van der Waals surface area contributed by atoms with Crippen LogP contribution in [-0.2, 0) is 6.42 Å². The van der Waals surface area contributed by atoms with Gasteiger partial charge in [-0.15, -0.1) is 0 Å². The Bertz CT molecular complexity index is 184. The maximum atomic E-state index is 5.31. The number of aromatic nitrogens is 2. The molecule has 3 nitrogen and oxygen atoms in total. The molecule has 0 spiro atoms. The van der Waals surface area contributed by atoms with Crippen molar-refractivity contribution in [1.29, 1.82) is 0 Å². The van der Waals surface area contributed by atoms with E-state index in [1.807, 2.05) is 6.92 Å². The quantitative estimate of drug-likeness (QED) is 0.649. The van der Waals surface area contributed by atoms with Gasteiger partial charge in [-0.25, -0.2) is 4.98 Å². The van der Waals surface area contributed by atoms with Crippen molar-refractivity contribution in [3.05, 3.63) is 10.8 Å². The van der Waals surface area contributed by atoms with Crippen LogP contribution in [0.3, 0.4) is 0 Å². The van der Waals surface area contributed by atoms with E-state index in [-0.39, 0.29) is 0 Å². The first-order valence-corrected chi connectivity index (χ1v) is 3.59. The minimum atomic E-state index is 0.661. The lowest BCUT2D eigenvalue weighted by molar-refractivity contribution is 0.941. The van der Waals surface area contributed by atoms with Crippen molar-refractivity contribution in [3.8, 4) is 0 Å². The topological polar surface area (TPSA) is 51.8 Å². The highest BCUT2D eigenvalue weighted by Crippen LogP contribution is 2.02. The van der Waals surface area contributed by atoms with Crippen LogP contribution in [0.15, 0.2) is 0 Å². The summed E-state index contributed by atoms with van der Waals surface area (Å²) in [6.07, 6.45) is 0.853. The molecule has 0 bridgehead atoms. The molecule has 1 aromatic heterocycles. The van der Waals surface area contributed by atoms with Gasteiger partial charge in [-0.1, -0.05) is 0 Å². The van der Waals surface area contributed by atoms with Crippen molar-refractivity contribution in [2.75, 3.05) is 6.54 Å². The lowest BCUT2D eigenvalue weighted by Crippen LogP contribution is -2.01. The highest BCUT2D eigenvalue weighted by atomic mass is 32.1. The molecule has 0 amide bonds. The maximum Gasteiger partial charge on any atom is 0.139 e. The molecule has 2 N–H and O–H groups in total. The smallest absolute Gasteiger partial charge is 0.139 e. The van der Waals surface area contributed by atoms with Gasteiger partial charge < -0.3 is 5.73 Å². The van der Waals surface area contributed by atoms with Crippen LogP contribution in [0.25, 0.3) is 0 Å². The van der Waals surface area contributed by atoms with E-state index in [2.05, 4.69) is 9.36 Å². The Morgan fingerprint density at radius 2 is 2.44 bits per heavy atom. The van der Waals surface area contributed by atoms with Gasteiger partial charge in [0.25, 0.3) is 0 Å². The zero-order valence-corrected chi connectivity index (χ0v) is 6.11. The molecule has 0 unspecified atom stereocenters. The van der Waals surface area contributed by atoms with Gasteiger partial charge in [0, 0.05) is 6.42 Å². The molecule has 1 aromatic rings. The Labute approximate surface area is 58.1 Å². The number of hydrogen-bond acceptors (Lipinski definition) is 4. The highest BCUT2D eigenvalue weighted by molar-refractivity contribution is 7.05. The molecule has 0 aliphatic heterocycles. The first kappa shape index (κ1) is 6.64. The normalized spacial score (nSPS) is 10.0. The summed E-state index contributed by atoms with van der Waals surface area (Å²) in [7, 11) is 0. The Balaban J connectivity index is 2.61. The van der Waals surface area contributed by atoms with Gasteiger partial charge in [0.2, 0.25) is 0 Å². The molecule has 1 rings (SSSR count). The van der Waals surface area contributed by atoms with Crippen molar-refractivity contribution in [2.24, 2.45) is 5.73 Å².